The molecule has 0 aliphatic carbocycles. The van der Waals surface area contributed by atoms with Gasteiger partial charge in [0.25, 0.3) is 5.91 Å². The highest BCUT2D eigenvalue weighted by molar-refractivity contribution is 7.16. The quantitative estimate of drug-likeness (QED) is 0.770. The summed E-state index contributed by atoms with van der Waals surface area (Å²) in [6.07, 6.45) is 0. The lowest BCUT2D eigenvalue weighted by Gasteiger charge is -2.34. The van der Waals surface area contributed by atoms with Crippen LogP contribution in [0.1, 0.15) is 20.8 Å². The predicted molar refractivity (Wildman–Crippen MR) is 104 cm³/mol. The van der Waals surface area contributed by atoms with E-state index in [0.29, 0.717) is 18.7 Å². The Morgan fingerprint density at radius 3 is 2.59 bits per heavy atom. The molecule has 0 saturated carbocycles. The number of carbonyl (C=O) groups excluding carboxylic acids is 2. The molecule has 2 heterocycles. The fourth-order valence-corrected chi connectivity index (χ4v) is 4.06. The summed E-state index contributed by atoms with van der Waals surface area (Å²) in [6, 6.07) is 8.74. The van der Waals surface area contributed by atoms with E-state index >= 15 is 0 Å². The van der Waals surface area contributed by atoms with Gasteiger partial charge in [-0.2, -0.15) is 0 Å². The number of phenols is 1. The van der Waals surface area contributed by atoms with Gasteiger partial charge in [0, 0.05) is 37.6 Å². The Bertz CT molecular complexity index is 831. The molecule has 6 nitrogen and oxygen atoms in total. The zero-order chi connectivity index (χ0) is 19.4. The topological polar surface area (TPSA) is 70.1 Å². The minimum absolute atomic E-state index is 0.0715. The molecular formula is C19H21ClN2O4S. The Morgan fingerprint density at radius 1 is 1.19 bits per heavy atom. The number of ether oxygens (including phenoxy) is 1. The summed E-state index contributed by atoms with van der Waals surface area (Å²) in [5, 5.41) is 9.92. The maximum atomic E-state index is 12.3. The van der Waals surface area contributed by atoms with E-state index in [-0.39, 0.29) is 23.8 Å². The lowest BCUT2D eigenvalue weighted by Crippen LogP contribution is -2.49. The van der Waals surface area contributed by atoms with Crippen LogP contribution in [0.5, 0.6) is 5.75 Å². The molecule has 1 fully saturated rings. The van der Waals surface area contributed by atoms with Gasteiger partial charge in [-0.3, -0.25) is 9.69 Å². The van der Waals surface area contributed by atoms with Gasteiger partial charge in [-0.05, 0) is 30.7 Å². The van der Waals surface area contributed by atoms with Crippen molar-refractivity contribution in [2.45, 2.75) is 13.5 Å². The van der Waals surface area contributed by atoms with E-state index in [1.165, 1.54) is 10.9 Å². The van der Waals surface area contributed by atoms with Gasteiger partial charge in [0.1, 0.15) is 11.3 Å². The third-order valence-electron chi connectivity index (χ3n) is 4.52. The molecule has 1 amide bonds. The van der Waals surface area contributed by atoms with Crippen molar-refractivity contribution in [2.24, 2.45) is 0 Å². The van der Waals surface area contributed by atoms with Crippen LogP contribution in [0.25, 0.3) is 0 Å². The Morgan fingerprint density at radius 2 is 1.93 bits per heavy atom. The van der Waals surface area contributed by atoms with Crippen LogP contribution in [0, 0.1) is 6.92 Å². The second kappa shape index (κ2) is 8.73. The van der Waals surface area contributed by atoms with E-state index in [4.69, 9.17) is 16.3 Å². The summed E-state index contributed by atoms with van der Waals surface area (Å²) in [5.41, 5.74) is 0.654. The summed E-state index contributed by atoms with van der Waals surface area (Å²) in [6.45, 7) is 4.88. The van der Waals surface area contributed by atoms with Crippen LogP contribution in [-0.4, -0.2) is 59.6 Å². The largest absolute Gasteiger partial charge is 0.507 e. The first-order valence-corrected chi connectivity index (χ1v) is 9.83. The van der Waals surface area contributed by atoms with Crippen LogP contribution in [0.4, 0.5) is 0 Å². The highest BCUT2D eigenvalue weighted by Crippen LogP contribution is 2.23. The summed E-state index contributed by atoms with van der Waals surface area (Å²) in [4.78, 5) is 29.6. The normalized spacial score (nSPS) is 15.0. The number of esters is 1. The van der Waals surface area contributed by atoms with Gasteiger partial charge in [-0.1, -0.05) is 23.7 Å². The molecule has 1 aromatic heterocycles. The summed E-state index contributed by atoms with van der Waals surface area (Å²) in [7, 11) is 0. The number of aromatic hydroxyl groups is 1. The van der Waals surface area contributed by atoms with Crippen molar-refractivity contribution in [1.82, 2.24) is 9.80 Å². The van der Waals surface area contributed by atoms with Crippen molar-refractivity contribution in [1.29, 1.82) is 0 Å². The van der Waals surface area contributed by atoms with E-state index < -0.39 is 5.97 Å². The Labute approximate surface area is 166 Å². The molecule has 2 aromatic rings. The van der Waals surface area contributed by atoms with Gasteiger partial charge < -0.3 is 14.7 Å². The monoisotopic (exact) mass is 408 g/mol. The second-order valence-corrected chi connectivity index (χ2v) is 8.21. The fourth-order valence-electron chi connectivity index (χ4n) is 2.93. The first-order valence-electron chi connectivity index (χ1n) is 8.64. The van der Waals surface area contributed by atoms with Crippen LogP contribution in [0.3, 0.4) is 0 Å². The molecule has 3 rings (SSSR count). The maximum absolute atomic E-state index is 12.3. The predicted octanol–water partition coefficient (Wildman–Crippen LogP) is 2.92. The maximum Gasteiger partial charge on any atom is 0.342 e. The summed E-state index contributed by atoms with van der Waals surface area (Å²) < 4.78 is 5.87. The molecule has 0 unspecified atom stereocenters. The first kappa shape index (κ1) is 19.7. The van der Waals surface area contributed by atoms with Crippen LogP contribution in [-0.2, 0) is 16.1 Å². The van der Waals surface area contributed by atoms with Crippen LogP contribution < -0.4 is 0 Å². The zero-order valence-corrected chi connectivity index (χ0v) is 16.6. The summed E-state index contributed by atoms with van der Waals surface area (Å²) >= 11 is 7.52. The highest BCUT2D eigenvalue weighted by atomic mass is 35.5. The zero-order valence-electron chi connectivity index (χ0n) is 15.0. The number of carbonyl (C=O) groups is 2. The Kier molecular flexibility index (Phi) is 6.36. The number of amides is 1. The molecule has 1 aliphatic rings. The first-order chi connectivity index (χ1) is 12.9. The Hall–Kier alpha value is -2.09. The van der Waals surface area contributed by atoms with Gasteiger partial charge >= 0.3 is 5.97 Å². The standard InChI is InChI=1S/C19H21ClN2O4S/c1-13-3-2-4-15(18(13)24)19(25)26-12-17(23)22-9-7-21(8-10-22)11-14-5-6-16(20)27-14/h2-6,24H,7-12H2,1H3. The van der Waals surface area contributed by atoms with Crippen molar-refractivity contribution in [3.63, 3.8) is 0 Å². The van der Waals surface area contributed by atoms with Crippen LogP contribution in [0.2, 0.25) is 4.34 Å². The van der Waals surface area contributed by atoms with E-state index in [1.54, 1.807) is 35.3 Å². The number of piperazine rings is 1. The lowest BCUT2D eigenvalue weighted by atomic mass is 10.1. The number of halogens is 1. The number of thiophene rings is 1. The van der Waals surface area contributed by atoms with Crippen molar-refractivity contribution >= 4 is 34.8 Å². The molecule has 0 atom stereocenters. The molecule has 1 aliphatic heterocycles. The van der Waals surface area contributed by atoms with Crippen LogP contribution >= 0.6 is 22.9 Å². The van der Waals surface area contributed by atoms with E-state index in [0.717, 1.165) is 24.0 Å². The number of hydrogen-bond acceptors (Lipinski definition) is 6. The second-order valence-electron chi connectivity index (χ2n) is 6.41. The molecule has 1 aromatic carbocycles. The highest BCUT2D eigenvalue weighted by Gasteiger charge is 2.23. The number of nitrogens with zero attached hydrogens (tertiary/aromatic N) is 2. The molecule has 144 valence electrons. The van der Waals surface area contributed by atoms with E-state index in [2.05, 4.69) is 4.90 Å². The van der Waals surface area contributed by atoms with Gasteiger partial charge in [0.2, 0.25) is 0 Å². The average molecular weight is 409 g/mol. The SMILES string of the molecule is Cc1cccc(C(=O)OCC(=O)N2CCN(Cc3ccc(Cl)s3)CC2)c1O. The van der Waals surface area contributed by atoms with Gasteiger partial charge in [0.15, 0.2) is 6.61 Å². The lowest BCUT2D eigenvalue weighted by molar-refractivity contribution is -0.136. The van der Waals surface area contributed by atoms with Crippen molar-refractivity contribution < 1.29 is 19.4 Å². The number of para-hydroxylation sites is 1. The molecule has 0 spiro atoms. The average Bonchev–Trinajstić information content (AvgIpc) is 3.07. The molecular weight excluding hydrogens is 388 g/mol. The molecule has 27 heavy (non-hydrogen) atoms. The number of hydrogen-bond donors (Lipinski definition) is 1. The van der Waals surface area contributed by atoms with Gasteiger partial charge in [0.05, 0.1) is 4.34 Å². The van der Waals surface area contributed by atoms with E-state index in [1.807, 2.05) is 12.1 Å². The van der Waals surface area contributed by atoms with Crippen LogP contribution in [0.15, 0.2) is 30.3 Å². The molecule has 8 heteroatoms. The summed E-state index contributed by atoms with van der Waals surface area (Å²) in [5.74, 6) is -1.04. The van der Waals surface area contributed by atoms with Crippen molar-refractivity contribution in [3.8, 4) is 5.75 Å². The molecule has 0 radical (unpaired) electrons. The third-order valence-corrected chi connectivity index (χ3v) is 5.73. The molecule has 1 saturated heterocycles. The number of benzene rings is 1. The number of aryl methyl sites for hydroxylation is 1. The van der Waals surface area contributed by atoms with E-state index in [9.17, 15) is 14.7 Å². The smallest absolute Gasteiger partial charge is 0.342 e. The minimum atomic E-state index is -0.697. The molecule has 1 N–H and O–H groups in total. The number of rotatable bonds is 5. The van der Waals surface area contributed by atoms with Crippen molar-refractivity contribution in [3.05, 3.63) is 50.7 Å². The third kappa shape index (κ3) is 5.00. The minimum Gasteiger partial charge on any atom is -0.507 e. The fraction of sp³-hybridized carbons (Fsp3) is 0.368. The van der Waals surface area contributed by atoms with Gasteiger partial charge in [-0.15, -0.1) is 11.3 Å². The van der Waals surface area contributed by atoms with Gasteiger partial charge in [-0.25, -0.2) is 4.79 Å². The molecule has 0 bridgehead atoms. The Balaban J connectivity index is 1.45. The van der Waals surface area contributed by atoms with Crippen molar-refractivity contribution in [2.75, 3.05) is 32.8 Å². The number of phenolic OH excluding ortho intramolecular Hbond substituents is 1.